The predicted octanol–water partition coefficient (Wildman–Crippen LogP) is 6.19. The van der Waals surface area contributed by atoms with Crippen LogP contribution in [0.2, 0.25) is 0 Å². The highest BCUT2D eigenvalue weighted by Crippen LogP contribution is 2.89. The molecule has 9 aliphatic rings. The van der Waals surface area contributed by atoms with E-state index in [2.05, 4.69) is 53.4 Å². The molecule has 9 rings (SSSR count). The topological polar surface area (TPSA) is 101 Å². The zero-order valence-electron chi connectivity index (χ0n) is 33.1. The molecule has 52 heavy (non-hydrogen) atoms. The highest BCUT2D eigenvalue weighted by molar-refractivity contribution is 5.69. The van der Waals surface area contributed by atoms with Crippen LogP contribution < -0.4 is 0 Å². The molecule has 292 valence electrons. The maximum atomic E-state index is 13.6. The smallest absolute Gasteiger partial charge is 0.410 e. The van der Waals surface area contributed by atoms with Crippen molar-refractivity contribution in [2.75, 3.05) is 52.5 Å². The molecule has 4 heterocycles. The molecule has 10 heteroatoms. The fourth-order valence-electron chi connectivity index (χ4n) is 15.0. The number of amides is 2. The Labute approximate surface area is 312 Å². The number of fused-ring (bicyclic) bond motifs is 4. The molecule has 2 spiro atoms. The van der Waals surface area contributed by atoms with E-state index in [1.54, 1.807) is 4.90 Å². The van der Waals surface area contributed by atoms with Crippen molar-refractivity contribution >= 4 is 12.2 Å². The van der Waals surface area contributed by atoms with Crippen LogP contribution in [-0.4, -0.2) is 121 Å². The summed E-state index contributed by atoms with van der Waals surface area (Å²) in [6, 6.07) is 0.512. The number of piperazine rings is 1. The summed E-state index contributed by atoms with van der Waals surface area (Å²) >= 11 is 0. The summed E-state index contributed by atoms with van der Waals surface area (Å²) in [6.45, 7) is 22.8. The Morgan fingerprint density at radius 3 is 2.15 bits per heavy atom. The molecule has 1 N–H and O–H groups in total. The first-order valence-corrected chi connectivity index (χ1v) is 21.2. The summed E-state index contributed by atoms with van der Waals surface area (Å²) in [4.78, 5) is 32.7. The van der Waals surface area contributed by atoms with Gasteiger partial charge in [0.15, 0.2) is 0 Å². The molecule has 13 atom stereocenters. The number of carbonyl (C=O) groups is 2. The first kappa shape index (κ1) is 36.0. The summed E-state index contributed by atoms with van der Waals surface area (Å²) in [5.74, 6) is 1.74. The molecule has 9 fully saturated rings. The first-order valence-electron chi connectivity index (χ1n) is 21.2. The molecule has 5 saturated carbocycles. The van der Waals surface area contributed by atoms with E-state index in [9.17, 15) is 14.7 Å². The molecule has 0 radical (unpaired) electrons. The molecule has 0 bridgehead atoms. The zero-order valence-corrected chi connectivity index (χ0v) is 33.1. The van der Waals surface area contributed by atoms with Crippen molar-refractivity contribution in [2.24, 2.45) is 56.7 Å². The van der Waals surface area contributed by atoms with Crippen molar-refractivity contribution < 1.29 is 33.6 Å². The number of ether oxygens (including phenoxy) is 4. The minimum atomic E-state index is -0.550. The molecule has 5 aliphatic carbocycles. The van der Waals surface area contributed by atoms with Crippen LogP contribution in [0.4, 0.5) is 9.59 Å². The van der Waals surface area contributed by atoms with Crippen LogP contribution in [0.5, 0.6) is 0 Å². The van der Waals surface area contributed by atoms with Crippen LogP contribution in [-0.2, 0) is 18.9 Å². The van der Waals surface area contributed by atoms with Gasteiger partial charge in [-0.2, -0.15) is 0 Å². The lowest BCUT2D eigenvalue weighted by Crippen LogP contribution is -2.60. The number of likely N-dealkylation sites (tertiary alicyclic amines) is 1. The van der Waals surface area contributed by atoms with Crippen LogP contribution >= 0.6 is 0 Å². The third-order valence-corrected chi connectivity index (χ3v) is 18.1. The molecule has 4 saturated heterocycles. The Morgan fingerprint density at radius 1 is 0.846 bits per heavy atom. The number of aliphatic hydroxyl groups is 1. The quantitative estimate of drug-likeness (QED) is 0.359. The summed E-state index contributed by atoms with van der Waals surface area (Å²) in [6.07, 6.45) is 8.06. The van der Waals surface area contributed by atoms with Gasteiger partial charge in [0.2, 0.25) is 0 Å². The fourth-order valence-corrected chi connectivity index (χ4v) is 15.0. The zero-order chi connectivity index (χ0) is 36.6. The molecule has 2 amide bonds. The molecule has 0 aromatic heterocycles. The Morgan fingerprint density at radius 2 is 1.52 bits per heavy atom. The van der Waals surface area contributed by atoms with Crippen LogP contribution in [0.1, 0.15) is 106 Å². The van der Waals surface area contributed by atoms with Crippen LogP contribution in [0.25, 0.3) is 0 Å². The monoisotopic (exact) mass is 725 g/mol. The molecule has 10 nitrogen and oxygen atoms in total. The number of rotatable bonds is 5. The third-order valence-electron chi connectivity index (χ3n) is 18.1. The second kappa shape index (κ2) is 12.2. The SMILES string of the molecule is CC(C)[C@@H](OC(=O)N1CCC1)C1C[C@@H](C)C2C(O1)[C@H](O)[C@@]1(C)C3CC[C@H]4C(C)(C)[C@@H](OC(=O)N5CCN(C6COC6)CC5)CCC45CC35CC[C@]21C. The van der Waals surface area contributed by atoms with Gasteiger partial charge in [-0.05, 0) is 104 Å². The Balaban J connectivity index is 0.909. The maximum Gasteiger partial charge on any atom is 0.410 e. The number of hydrogen-bond acceptors (Lipinski definition) is 8. The highest BCUT2D eigenvalue weighted by atomic mass is 16.6. The minimum absolute atomic E-state index is 0.0203. The van der Waals surface area contributed by atoms with Crippen LogP contribution in [0.15, 0.2) is 0 Å². The highest BCUT2D eigenvalue weighted by Gasteiger charge is 2.85. The lowest BCUT2D eigenvalue weighted by molar-refractivity contribution is -0.185. The predicted molar refractivity (Wildman–Crippen MR) is 195 cm³/mol. The largest absolute Gasteiger partial charge is 0.446 e. The molecule has 4 aliphatic heterocycles. The van der Waals surface area contributed by atoms with Crippen molar-refractivity contribution in [2.45, 2.75) is 143 Å². The Hall–Kier alpha value is -1.62. The van der Waals surface area contributed by atoms with Gasteiger partial charge in [-0.25, -0.2) is 9.59 Å². The normalized spacial score (nSPS) is 48.6. The first-order chi connectivity index (χ1) is 24.7. The van der Waals surface area contributed by atoms with Crippen LogP contribution in [0, 0.1) is 56.7 Å². The van der Waals surface area contributed by atoms with Gasteiger partial charge in [0.25, 0.3) is 0 Å². The Bertz CT molecular complexity index is 1430. The number of aliphatic hydroxyl groups excluding tert-OH is 1. The van der Waals surface area contributed by atoms with Gasteiger partial charge >= 0.3 is 12.2 Å². The van der Waals surface area contributed by atoms with E-state index >= 15 is 0 Å². The van der Waals surface area contributed by atoms with Crippen molar-refractivity contribution in [3.05, 3.63) is 0 Å². The van der Waals surface area contributed by atoms with E-state index in [0.29, 0.717) is 23.8 Å². The van der Waals surface area contributed by atoms with Crippen molar-refractivity contribution in [1.29, 1.82) is 0 Å². The fraction of sp³-hybridized carbons (Fsp3) is 0.952. The lowest BCUT2D eigenvalue weighted by Gasteiger charge is -2.63. The molecule has 0 aromatic carbocycles. The van der Waals surface area contributed by atoms with E-state index < -0.39 is 6.10 Å². The maximum absolute atomic E-state index is 13.6. The molecule has 6 unspecified atom stereocenters. The van der Waals surface area contributed by atoms with Crippen molar-refractivity contribution in [3.8, 4) is 0 Å². The minimum Gasteiger partial charge on any atom is -0.446 e. The van der Waals surface area contributed by atoms with Gasteiger partial charge in [0, 0.05) is 50.1 Å². The van der Waals surface area contributed by atoms with E-state index in [1.165, 1.54) is 12.8 Å². The summed E-state index contributed by atoms with van der Waals surface area (Å²) in [5, 5.41) is 12.7. The van der Waals surface area contributed by atoms with Gasteiger partial charge in [-0.15, -0.1) is 0 Å². The summed E-state index contributed by atoms with van der Waals surface area (Å²) in [7, 11) is 0. The Kier molecular flexibility index (Phi) is 8.45. The van der Waals surface area contributed by atoms with Crippen molar-refractivity contribution in [1.82, 2.24) is 14.7 Å². The number of hydrogen-bond donors (Lipinski definition) is 1. The number of carbonyl (C=O) groups excluding carboxylic acids is 2. The van der Waals surface area contributed by atoms with E-state index in [4.69, 9.17) is 18.9 Å². The van der Waals surface area contributed by atoms with Gasteiger partial charge in [0.05, 0.1) is 37.6 Å². The van der Waals surface area contributed by atoms with Gasteiger partial charge < -0.3 is 33.9 Å². The van der Waals surface area contributed by atoms with E-state index in [-0.39, 0.29) is 75.5 Å². The number of nitrogens with zero attached hydrogens (tertiary/aromatic N) is 3. The standard InChI is InChI=1S/C42H67N3O7/c1-25(2)33(52-37(48)44-15-8-16-44)28-21-26(3)32-34(50-28)35(46)40(7)30-10-9-29-38(4,5)31(11-12-41(29)24-42(30,41)14-13-39(32,40)6)51-36(47)45-19-17-43(18-20-45)27-22-49-23-27/h25-35,46H,8-24H2,1-7H3/t26-,28?,29+,30?,31+,32?,33-,34?,35+,39-,40-,41?,42?/m1/s1. The molecular formula is C42H67N3O7. The average molecular weight is 726 g/mol. The average Bonchev–Trinajstić information content (AvgIpc) is 3.68. The van der Waals surface area contributed by atoms with Gasteiger partial charge in [-0.3, -0.25) is 4.90 Å². The van der Waals surface area contributed by atoms with Crippen molar-refractivity contribution in [3.63, 3.8) is 0 Å². The summed E-state index contributed by atoms with van der Waals surface area (Å²) < 4.78 is 25.1. The van der Waals surface area contributed by atoms with E-state index in [0.717, 1.165) is 97.4 Å². The second-order valence-corrected chi connectivity index (χ2v) is 20.6. The molecular weight excluding hydrogens is 658 g/mol. The van der Waals surface area contributed by atoms with E-state index in [1.807, 2.05) is 4.90 Å². The van der Waals surface area contributed by atoms with Gasteiger partial charge in [-0.1, -0.05) is 48.5 Å². The third kappa shape index (κ3) is 4.80. The van der Waals surface area contributed by atoms with Crippen LogP contribution in [0.3, 0.4) is 0 Å². The lowest BCUT2D eigenvalue weighted by atomic mass is 9.41. The van der Waals surface area contributed by atoms with Gasteiger partial charge in [0.1, 0.15) is 12.2 Å². The second-order valence-electron chi connectivity index (χ2n) is 20.6. The molecule has 0 aromatic rings. The summed E-state index contributed by atoms with van der Waals surface area (Å²) in [5.41, 5.74) is 0.137.